The molecule has 0 atom stereocenters. The van der Waals surface area contributed by atoms with Crippen molar-refractivity contribution in [2.75, 3.05) is 11.9 Å². The maximum absolute atomic E-state index is 11.7. The van der Waals surface area contributed by atoms with Gasteiger partial charge in [0.15, 0.2) is 0 Å². The maximum Gasteiger partial charge on any atom is 0.338 e. The molecule has 0 bridgehead atoms. The van der Waals surface area contributed by atoms with Crippen molar-refractivity contribution in [3.05, 3.63) is 16.5 Å². The average Bonchev–Trinajstić information content (AvgIpc) is 2.78. The van der Waals surface area contributed by atoms with Crippen molar-refractivity contribution >= 4 is 28.3 Å². The van der Waals surface area contributed by atoms with Crippen molar-refractivity contribution in [1.82, 2.24) is 5.32 Å². The first-order valence-electron chi connectivity index (χ1n) is 7.43. The number of nitrogens with one attached hydrogen (secondary N) is 2. The van der Waals surface area contributed by atoms with Gasteiger partial charge in [-0.25, -0.2) is 9.59 Å². The molecule has 0 unspecified atom stereocenters. The minimum Gasteiger partial charge on any atom is -0.478 e. The van der Waals surface area contributed by atoms with E-state index in [0.29, 0.717) is 11.5 Å². The van der Waals surface area contributed by atoms with E-state index in [9.17, 15) is 9.59 Å². The molecule has 1 aromatic rings. The molecule has 0 saturated carbocycles. The highest BCUT2D eigenvalue weighted by atomic mass is 32.1. The molecule has 1 rings (SSSR count). The third-order valence-corrected chi connectivity index (χ3v) is 4.09. The summed E-state index contributed by atoms with van der Waals surface area (Å²) in [7, 11) is 0. The molecule has 0 aliphatic carbocycles. The summed E-state index contributed by atoms with van der Waals surface area (Å²) in [6.07, 6.45) is 7.01. The zero-order chi connectivity index (χ0) is 15.7. The second-order valence-corrected chi connectivity index (χ2v) is 6.31. The summed E-state index contributed by atoms with van der Waals surface area (Å²) in [6, 6.07) is 1.23. The molecule has 0 aliphatic heterocycles. The molecule has 118 valence electrons. The van der Waals surface area contributed by atoms with Crippen LogP contribution in [0, 0.1) is 6.92 Å². The van der Waals surface area contributed by atoms with Crippen LogP contribution in [0.2, 0.25) is 0 Å². The molecular formula is C15H24N2O3S. The highest BCUT2D eigenvalue weighted by Gasteiger charge is 2.15. The molecule has 1 aromatic heterocycles. The minimum atomic E-state index is -1.02. The topological polar surface area (TPSA) is 78.4 Å². The zero-order valence-electron chi connectivity index (χ0n) is 12.7. The van der Waals surface area contributed by atoms with Crippen LogP contribution >= 0.6 is 11.3 Å². The molecule has 5 nitrogen and oxygen atoms in total. The van der Waals surface area contributed by atoms with Crippen molar-refractivity contribution in [3.8, 4) is 0 Å². The highest BCUT2D eigenvalue weighted by molar-refractivity contribution is 7.16. The normalized spacial score (nSPS) is 10.4. The van der Waals surface area contributed by atoms with Crippen LogP contribution in [0.4, 0.5) is 9.80 Å². The van der Waals surface area contributed by atoms with Gasteiger partial charge >= 0.3 is 12.0 Å². The second-order valence-electron chi connectivity index (χ2n) is 5.05. The van der Waals surface area contributed by atoms with Crippen molar-refractivity contribution in [1.29, 1.82) is 0 Å². The summed E-state index contributed by atoms with van der Waals surface area (Å²) in [5.74, 6) is -1.02. The number of carbonyl (C=O) groups is 2. The molecule has 2 amide bonds. The Morgan fingerprint density at radius 1 is 1.19 bits per heavy atom. The highest BCUT2D eigenvalue weighted by Crippen LogP contribution is 2.27. The number of carboxylic acid groups (broad SMARTS) is 1. The van der Waals surface area contributed by atoms with Gasteiger partial charge < -0.3 is 10.4 Å². The summed E-state index contributed by atoms with van der Waals surface area (Å²) in [5.41, 5.74) is 0.146. The molecule has 0 radical (unpaired) electrons. The zero-order valence-corrected chi connectivity index (χ0v) is 13.5. The molecule has 6 heteroatoms. The van der Waals surface area contributed by atoms with E-state index in [2.05, 4.69) is 17.6 Å². The van der Waals surface area contributed by atoms with Gasteiger partial charge in [0.25, 0.3) is 0 Å². The number of amides is 2. The summed E-state index contributed by atoms with van der Waals surface area (Å²) >= 11 is 1.27. The number of urea groups is 1. The first-order chi connectivity index (χ1) is 10.0. The van der Waals surface area contributed by atoms with Gasteiger partial charge in [-0.1, -0.05) is 39.0 Å². The number of hydrogen-bond donors (Lipinski definition) is 3. The van der Waals surface area contributed by atoms with Gasteiger partial charge in [0, 0.05) is 11.4 Å². The molecule has 1 heterocycles. The number of anilines is 1. The molecule has 0 spiro atoms. The SMILES string of the molecule is CCCCCCCCNC(=O)Nc1sc(C)cc1C(=O)O. The molecule has 0 saturated heterocycles. The van der Waals surface area contributed by atoms with Gasteiger partial charge in [-0.15, -0.1) is 11.3 Å². The second kappa shape index (κ2) is 9.39. The summed E-state index contributed by atoms with van der Waals surface area (Å²) in [6.45, 7) is 4.62. The van der Waals surface area contributed by atoms with E-state index in [-0.39, 0.29) is 11.6 Å². The Labute approximate surface area is 129 Å². The third-order valence-electron chi connectivity index (χ3n) is 3.13. The fraction of sp³-hybridized carbons (Fsp3) is 0.600. The number of aryl methyl sites for hydroxylation is 1. The van der Waals surface area contributed by atoms with Crippen LogP contribution in [0.3, 0.4) is 0 Å². The Morgan fingerprint density at radius 2 is 1.86 bits per heavy atom. The number of rotatable bonds is 9. The number of thiophene rings is 1. The predicted octanol–water partition coefficient (Wildman–Crippen LogP) is 4.24. The lowest BCUT2D eigenvalue weighted by atomic mass is 10.1. The Balaban J connectivity index is 2.26. The first kappa shape index (κ1) is 17.5. The van der Waals surface area contributed by atoms with Crippen molar-refractivity contribution in [3.63, 3.8) is 0 Å². The molecule has 3 N–H and O–H groups in total. The standard InChI is InChI=1S/C15H24N2O3S/c1-3-4-5-6-7-8-9-16-15(20)17-13-12(14(18)19)10-11(2)21-13/h10H,3-9H2,1-2H3,(H,18,19)(H2,16,17,20). The van der Waals surface area contributed by atoms with Crippen LogP contribution in [0.15, 0.2) is 6.07 Å². The van der Waals surface area contributed by atoms with Crippen molar-refractivity contribution < 1.29 is 14.7 Å². The van der Waals surface area contributed by atoms with E-state index in [1.165, 1.54) is 37.0 Å². The lowest BCUT2D eigenvalue weighted by molar-refractivity contribution is 0.0698. The van der Waals surface area contributed by atoms with Crippen LogP contribution in [0.1, 0.15) is 60.7 Å². The van der Waals surface area contributed by atoms with E-state index in [4.69, 9.17) is 5.11 Å². The molecule has 21 heavy (non-hydrogen) atoms. The van der Waals surface area contributed by atoms with Gasteiger partial charge in [0.1, 0.15) is 5.00 Å². The number of carboxylic acids is 1. The van der Waals surface area contributed by atoms with Crippen LogP contribution in [0.5, 0.6) is 0 Å². The monoisotopic (exact) mass is 312 g/mol. The Kier molecular flexibility index (Phi) is 7.82. The van der Waals surface area contributed by atoms with E-state index in [1.807, 2.05) is 6.92 Å². The maximum atomic E-state index is 11.7. The smallest absolute Gasteiger partial charge is 0.338 e. The minimum absolute atomic E-state index is 0.146. The van der Waals surface area contributed by atoms with E-state index >= 15 is 0 Å². The van der Waals surface area contributed by atoms with Crippen LogP contribution in [-0.4, -0.2) is 23.7 Å². The van der Waals surface area contributed by atoms with E-state index < -0.39 is 5.97 Å². The van der Waals surface area contributed by atoms with Gasteiger partial charge in [0.05, 0.1) is 5.56 Å². The lowest BCUT2D eigenvalue weighted by Crippen LogP contribution is -2.29. The van der Waals surface area contributed by atoms with Crippen LogP contribution < -0.4 is 10.6 Å². The predicted molar refractivity (Wildman–Crippen MR) is 86.4 cm³/mol. The van der Waals surface area contributed by atoms with Gasteiger partial charge in [-0.3, -0.25) is 5.32 Å². The van der Waals surface area contributed by atoms with Gasteiger partial charge in [0.2, 0.25) is 0 Å². The third kappa shape index (κ3) is 6.62. The van der Waals surface area contributed by atoms with E-state index in [1.54, 1.807) is 6.07 Å². The molecule has 0 aromatic carbocycles. The van der Waals surface area contributed by atoms with Crippen LogP contribution in [0.25, 0.3) is 0 Å². The quantitative estimate of drug-likeness (QED) is 0.597. The van der Waals surface area contributed by atoms with Crippen molar-refractivity contribution in [2.24, 2.45) is 0 Å². The summed E-state index contributed by atoms with van der Waals surface area (Å²) in [5, 5.41) is 14.8. The molecule has 0 fully saturated rings. The van der Waals surface area contributed by atoms with Crippen LogP contribution in [-0.2, 0) is 0 Å². The number of hydrogen-bond acceptors (Lipinski definition) is 3. The van der Waals surface area contributed by atoms with Crippen molar-refractivity contribution in [2.45, 2.75) is 52.4 Å². The van der Waals surface area contributed by atoms with Gasteiger partial charge in [-0.2, -0.15) is 0 Å². The molecular weight excluding hydrogens is 288 g/mol. The Bertz CT molecular complexity index is 471. The van der Waals surface area contributed by atoms with Gasteiger partial charge in [-0.05, 0) is 19.4 Å². The molecule has 0 aliphatic rings. The fourth-order valence-corrected chi connectivity index (χ4v) is 2.92. The lowest BCUT2D eigenvalue weighted by Gasteiger charge is -2.07. The summed E-state index contributed by atoms with van der Waals surface area (Å²) in [4.78, 5) is 23.6. The number of aromatic carboxylic acids is 1. The fourth-order valence-electron chi connectivity index (χ4n) is 2.02. The van der Waals surface area contributed by atoms with E-state index in [0.717, 1.165) is 17.7 Å². The number of carbonyl (C=O) groups excluding carboxylic acids is 1. The first-order valence-corrected chi connectivity index (χ1v) is 8.24. The Hall–Kier alpha value is -1.56. The average molecular weight is 312 g/mol. The Morgan fingerprint density at radius 3 is 2.52 bits per heavy atom. The summed E-state index contributed by atoms with van der Waals surface area (Å²) < 4.78 is 0. The number of unbranched alkanes of at least 4 members (excludes halogenated alkanes) is 5. The largest absolute Gasteiger partial charge is 0.478 e.